The van der Waals surface area contributed by atoms with Crippen LogP contribution >= 0.6 is 0 Å². The Morgan fingerprint density at radius 2 is 1.64 bits per heavy atom. The summed E-state index contributed by atoms with van der Waals surface area (Å²) in [4.78, 5) is 13.8. The molecule has 0 aromatic heterocycles. The van der Waals surface area contributed by atoms with Crippen LogP contribution in [-0.2, 0) is 14.8 Å². The van der Waals surface area contributed by atoms with E-state index >= 15 is 0 Å². The maximum atomic E-state index is 14.4. The van der Waals surface area contributed by atoms with Gasteiger partial charge in [-0.25, -0.2) is 21.9 Å². The highest BCUT2D eigenvalue weighted by Gasteiger charge is 2.22. The topological polar surface area (TPSA) is 97.0 Å². The first-order valence-electron chi connectivity index (χ1n) is 10.8. The minimum atomic E-state index is -3.89. The van der Waals surface area contributed by atoms with Gasteiger partial charge in [-0.2, -0.15) is 0 Å². The van der Waals surface area contributed by atoms with Crippen LogP contribution in [0.15, 0.2) is 35.2 Å². The molecule has 2 aliphatic rings. The SMILES string of the molecule is O=C(CCNS(=O)(=O)c1ccc2c(c1)OCCCO2)Nc1cc(F)c(N2CCCC2)c(F)c1. The molecule has 2 aromatic rings. The van der Waals surface area contributed by atoms with Crippen LogP contribution in [0.4, 0.5) is 20.2 Å². The van der Waals surface area contributed by atoms with Gasteiger partial charge in [0, 0.05) is 44.2 Å². The molecule has 0 aliphatic carbocycles. The molecule has 4 rings (SSSR count). The van der Waals surface area contributed by atoms with Gasteiger partial charge in [0.1, 0.15) is 5.69 Å². The summed E-state index contributed by atoms with van der Waals surface area (Å²) in [6.45, 7) is 1.89. The van der Waals surface area contributed by atoms with Gasteiger partial charge in [0.2, 0.25) is 15.9 Å². The monoisotopic (exact) mass is 481 g/mol. The number of anilines is 2. The lowest BCUT2D eigenvalue weighted by atomic mass is 10.2. The Balaban J connectivity index is 1.33. The van der Waals surface area contributed by atoms with Crippen molar-refractivity contribution in [3.05, 3.63) is 42.0 Å². The molecule has 0 atom stereocenters. The molecule has 0 saturated carbocycles. The molecule has 0 unspecified atom stereocenters. The van der Waals surface area contributed by atoms with Crippen molar-refractivity contribution in [2.75, 3.05) is 43.1 Å². The lowest BCUT2D eigenvalue weighted by Crippen LogP contribution is -2.28. The van der Waals surface area contributed by atoms with E-state index in [0.717, 1.165) is 25.0 Å². The predicted octanol–water partition coefficient (Wildman–Crippen LogP) is 3.03. The fourth-order valence-electron chi connectivity index (χ4n) is 3.80. The summed E-state index contributed by atoms with van der Waals surface area (Å²) in [6, 6.07) is 6.42. The first-order chi connectivity index (χ1) is 15.8. The molecule has 178 valence electrons. The second-order valence-electron chi connectivity index (χ2n) is 7.84. The normalized spacial score (nSPS) is 15.9. The van der Waals surface area contributed by atoms with Gasteiger partial charge in [0.15, 0.2) is 23.1 Å². The average Bonchev–Trinajstić information content (AvgIpc) is 3.17. The zero-order valence-corrected chi connectivity index (χ0v) is 18.7. The van der Waals surface area contributed by atoms with Crippen molar-refractivity contribution in [1.29, 1.82) is 0 Å². The van der Waals surface area contributed by atoms with Gasteiger partial charge >= 0.3 is 0 Å². The quantitative estimate of drug-likeness (QED) is 0.631. The average molecular weight is 482 g/mol. The number of benzene rings is 2. The van der Waals surface area contributed by atoms with Crippen molar-refractivity contribution in [3.63, 3.8) is 0 Å². The molecule has 2 N–H and O–H groups in total. The summed E-state index contributed by atoms with van der Waals surface area (Å²) in [5, 5.41) is 2.41. The van der Waals surface area contributed by atoms with E-state index in [2.05, 4.69) is 10.0 Å². The second kappa shape index (κ2) is 9.92. The standard InChI is InChI=1S/C22H25F2N3O5S/c23-17-12-15(13-18(24)22(17)27-8-1-2-9-27)26-21(28)6-7-25-33(29,30)16-4-5-19-20(14-16)32-11-3-10-31-19/h4-5,12-14,25H,1-3,6-11H2,(H,26,28). The molecule has 2 heterocycles. The Hall–Kier alpha value is -2.92. The molecule has 1 fully saturated rings. The van der Waals surface area contributed by atoms with E-state index in [0.29, 0.717) is 44.2 Å². The van der Waals surface area contributed by atoms with Crippen LogP contribution in [-0.4, -0.2) is 47.2 Å². The number of halogens is 2. The zero-order chi connectivity index (χ0) is 23.4. The van der Waals surface area contributed by atoms with E-state index < -0.39 is 27.6 Å². The third kappa shape index (κ3) is 5.53. The molecule has 0 radical (unpaired) electrons. The van der Waals surface area contributed by atoms with Crippen LogP contribution < -0.4 is 24.4 Å². The largest absolute Gasteiger partial charge is 0.490 e. The highest BCUT2D eigenvalue weighted by molar-refractivity contribution is 7.89. The highest BCUT2D eigenvalue weighted by Crippen LogP contribution is 2.32. The number of nitrogens with zero attached hydrogens (tertiary/aromatic N) is 1. The van der Waals surface area contributed by atoms with Gasteiger partial charge in [0.25, 0.3) is 0 Å². The Labute approximate surface area is 190 Å². The number of sulfonamides is 1. The van der Waals surface area contributed by atoms with E-state index in [1.54, 1.807) is 4.90 Å². The third-order valence-electron chi connectivity index (χ3n) is 5.40. The van der Waals surface area contributed by atoms with Gasteiger partial charge in [-0.1, -0.05) is 0 Å². The number of fused-ring (bicyclic) bond motifs is 1. The van der Waals surface area contributed by atoms with Crippen LogP contribution in [0, 0.1) is 11.6 Å². The van der Waals surface area contributed by atoms with Crippen LogP contribution in [0.1, 0.15) is 25.7 Å². The van der Waals surface area contributed by atoms with Crippen LogP contribution in [0.5, 0.6) is 11.5 Å². The minimum absolute atomic E-state index is 0.0196. The first-order valence-corrected chi connectivity index (χ1v) is 12.2. The summed E-state index contributed by atoms with van der Waals surface area (Å²) in [5.74, 6) is -1.26. The maximum absolute atomic E-state index is 14.4. The highest BCUT2D eigenvalue weighted by atomic mass is 32.2. The molecule has 0 bridgehead atoms. The fourth-order valence-corrected chi connectivity index (χ4v) is 4.84. The molecule has 1 saturated heterocycles. The Bertz CT molecular complexity index is 1110. The number of hydrogen-bond donors (Lipinski definition) is 2. The molecular formula is C22H25F2N3O5S. The van der Waals surface area contributed by atoms with Crippen molar-refractivity contribution in [1.82, 2.24) is 4.72 Å². The van der Waals surface area contributed by atoms with Crippen LogP contribution in [0.25, 0.3) is 0 Å². The smallest absolute Gasteiger partial charge is 0.240 e. The summed E-state index contributed by atoms with van der Waals surface area (Å²) in [6.07, 6.45) is 2.22. The number of rotatable bonds is 7. The third-order valence-corrected chi connectivity index (χ3v) is 6.86. The molecule has 8 nitrogen and oxygen atoms in total. The number of carbonyl (C=O) groups is 1. The summed E-state index contributed by atoms with van der Waals surface area (Å²) in [5.41, 5.74) is -0.114. The van der Waals surface area contributed by atoms with Gasteiger partial charge in [-0.15, -0.1) is 0 Å². The van der Waals surface area contributed by atoms with Crippen molar-refractivity contribution >= 4 is 27.3 Å². The molecule has 0 spiro atoms. The van der Waals surface area contributed by atoms with E-state index in [-0.39, 0.29) is 29.2 Å². The first kappa shape index (κ1) is 23.2. The van der Waals surface area contributed by atoms with E-state index in [9.17, 15) is 22.0 Å². The second-order valence-corrected chi connectivity index (χ2v) is 9.60. The summed E-state index contributed by atoms with van der Waals surface area (Å²) >= 11 is 0. The Kier molecular flexibility index (Phi) is 6.99. The van der Waals surface area contributed by atoms with Gasteiger partial charge in [-0.3, -0.25) is 4.79 Å². The molecule has 1 amide bonds. The Morgan fingerprint density at radius 1 is 0.970 bits per heavy atom. The summed E-state index contributed by atoms with van der Waals surface area (Å²) in [7, 11) is -3.89. The van der Waals surface area contributed by atoms with Gasteiger partial charge in [-0.05, 0) is 37.1 Å². The van der Waals surface area contributed by atoms with Gasteiger partial charge in [0.05, 0.1) is 18.1 Å². The predicted molar refractivity (Wildman–Crippen MR) is 118 cm³/mol. The number of carbonyl (C=O) groups excluding carboxylic acids is 1. The maximum Gasteiger partial charge on any atom is 0.240 e. The minimum Gasteiger partial charge on any atom is -0.490 e. The molecule has 11 heteroatoms. The fraction of sp³-hybridized carbons (Fsp3) is 0.409. The lowest BCUT2D eigenvalue weighted by molar-refractivity contribution is -0.116. The van der Waals surface area contributed by atoms with Crippen molar-refractivity contribution < 1.29 is 31.5 Å². The van der Waals surface area contributed by atoms with Crippen LogP contribution in [0.3, 0.4) is 0 Å². The number of amides is 1. The zero-order valence-electron chi connectivity index (χ0n) is 17.9. The lowest BCUT2D eigenvalue weighted by Gasteiger charge is -2.19. The summed E-state index contributed by atoms with van der Waals surface area (Å²) < 4.78 is 67.3. The van der Waals surface area contributed by atoms with Crippen molar-refractivity contribution in [2.45, 2.75) is 30.6 Å². The molecule has 33 heavy (non-hydrogen) atoms. The molecular weight excluding hydrogens is 456 g/mol. The van der Waals surface area contributed by atoms with Crippen molar-refractivity contribution in [3.8, 4) is 11.5 Å². The number of ether oxygens (including phenoxy) is 2. The van der Waals surface area contributed by atoms with Crippen LogP contribution in [0.2, 0.25) is 0 Å². The van der Waals surface area contributed by atoms with E-state index in [1.165, 1.54) is 18.2 Å². The number of nitrogens with one attached hydrogen (secondary N) is 2. The van der Waals surface area contributed by atoms with Gasteiger partial charge < -0.3 is 19.7 Å². The van der Waals surface area contributed by atoms with E-state index in [4.69, 9.17) is 9.47 Å². The van der Waals surface area contributed by atoms with Crippen molar-refractivity contribution in [2.24, 2.45) is 0 Å². The van der Waals surface area contributed by atoms with E-state index in [1.807, 2.05) is 0 Å². The number of hydrogen-bond acceptors (Lipinski definition) is 6. The molecule has 2 aromatic carbocycles. The Morgan fingerprint density at radius 3 is 2.33 bits per heavy atom. The molecule has 2 aliphatic heterocycles.